The van der Waals surface area contributed by atoms with E-state index >= 15 is 0 Å². The molecule has 27 heavy (non-hydrogen) atoms. The van der Waals surface area contributed by atoms with Crippen LogP contribution in [0.3, 0.4) is 0 Å². The number of hydrogen-bond acceptors (Lipinski definition) is 3. The third kappa shape index (κ3) is 4.46. The predicted octanol–water partition coefficient (Wildman–Crippen LogP) is 4.34. The van der Waals surface area contributed by atoms with Gasteiger partial charge in [-0.05, 0) is 44.0 Å². The summed E-state index contributed by atoms with van der Waals surface area (Å²) in [4.78, 5) is 12.9. The van der Waals surface area contributed by atoms with Crippen molar-refractivity contribution in [2.24, 2.45) is 5.92 Å². The Morgan fingerprint density at radius 3 is 2.37 bits per heavy atom. The number of amides is 1. The quantitative estimate of drug-likeness (QED) is 0.790. The fraction of sp³-hybridized carbons (Fsp3) is 0.316. The van der Waals surface area contributed by atoms with Gasteiger partial charge in [-0.15, -0.1) is 0 Å². The van der Waals surface area contributed by atoms with Gasteiger partial charge in [0.2, 0.25) is 15.9 Å². The zero-order chi connectivity index (χ0) is 19.6. The van der Waals surface area contributed by atoms with Crippen molar-refractivity contribution in [3.05, 3.63) is 58.1 Å². The maximum Gasteiger partial charge on any atom is 0.243 e. The molecule has 0 bridgehead atoms. The molecule has 1 atom stereocenters. The van der Waals surface area contributed by atoms with E-state index in [1.54, 1.807) is 42.5 Å². The molecule has 2 aromatic rings. The number of anilines is 1. The van der Waals surface area contributed by atoms with Crippen LogP contribution in [0.1, 0.15) is 18.4 Å². The van der Waals surface area contributed by atoms with Gasteiger partial charge in [0.05, 0.1) is 26.5 Å². The second kappa shape index (κ2) is 8.19. The van der Waals surface area contributed by atoms with E-state index in [0.29, 0.717) is 35.1 Å². The maximum absolute atomic E-state index is 12.9. The van der Waals surface area contributed by atoms with Gasteiger partial charge >= 0.3 is 0 Å². The van der Waals surface area contributed by atoms with Crippen LogP contribution >= 0.6 is 23.2 Å². The lowest BCUT2D eigenvalue weighted by atomic mass is 9.98. The molecule has 0 unspecified atom stereocenters. The van der Waals surface area contributed by atoms with Gasteiger partial charge in [0, 0.05) is 13.1 Å². The normalized spacial score (nSPS) is 18.3. The minimum atomic E-state index is -3.63. The zero-order valence-corrected chi connectivity index (χ0v) is 17.1. The Kier molecular flexibility index (Phi) is 6.11. The summed E-state index contributed by atoms with van der Waals surface area (Å²) >= 11 is 12.2. The monoisotopic (exact) mass is 426 g/mol. The molecule has 1 N–H and O–H groups in total. The van der Waals surface area contributed by atoms with E-state index in [1.165, 1.54) is 4.31 Å². The van der Waals surface area contributed by atoms with Crippen LogP contribution in [0.5, 0.6) is 0 Å². The third-order valence-electron chi connectivity index (χ3n) is 4.62. The molecule has 0 saturated carbocycles. The Morgan fingerprint density at radius 2 is 1.74 bits per heavy atom. The summed E-state index contributed by atoms with van der Waals surface area (Å²) in [6.45, 7) is 2.43. The van der Waals surface area contributed by atoms with E-state index in [9.17, 15) is 13.2 Å². The molecule has 1 fully saturated rings. The molecule has 2 aromatic carbocycles. The van der Waals surface area contributed by atoms with Crippen molar-refractivity contribution in [1.82, 2.24) is 4.31 Å². The largest absolute Gasteiger partial charge is 0.323 e. The number of nitrogens with zero attached hydrogens (tertiary/aromatic N) is 1. The van der Waals surface area contributed by atoms with E-state index < -0.39 is 15.9 Å². The Morgan fingerprint density at radius 1 is 1.11 bits per heavy atom. The SMILES string of the molecule is Cc1ccc(S(=O)(=O)N2CCC[C@@H](C(=O)Nc3c(Cl)cccc3Cl)C2)cc1. The maximum atomic E-state index is 12.9. The Labute approximate surface area is 169 Å². The zero-order valence-electron chi connectivity index (χ0n) is 14.8. The number of carbonyl (C=O) groups excluding carboxylic acids is 1. The van der Waals surface area contributed by atoms with Crippen LogP contribution in [-0.2, 0) is 14.8 Å². The number of nitrogens with one attached hydrogen (secondary N) is 1. The van der Waals surface area contributed by atoms with E-state index in [0.717, 1.165) is 5.56 Å². The summed E-state index contributed by atoms with van der Waals surface area (Å²) in [7, 11) is -3.63. The summed E-state index contributed by atoms with van der Waals surface area (Å²) in [5.74, 6) is -0.750. The Hall–Kier alpha value is -1.60. The number of benzene rings is 2. The Bertz CT molecular complexity index is 926. The first-order valence-electron chi connectivity index (χ1n) is 8.61. The van der Waals surface area contributed by atoms with Gasteiger partial charge in [-0.1, -0.05) is 47.0 Å². The highest BCUT2D eigenvalue weighted by molar-refractivity contribution is 7.89. The smallest absolute Gasteiger partial charge is 0.243 e. The molecular formula is C19H20Cl2N2O3S. The summed E-state index contributed by atoms with van der Waals surface area (Å²) in [5, 5.41) is 3.43. The van der Waals surface area contributed by atoms with Gasteiger partial charge in [0.15, 0.2) is 0 Å². The van der Waals surface area contributed by atoms with Gasteiger partial charge in [-0.25, -0.2) is 8.42 Å². The first-order valence-corrected chi connectivity index (χ1v) is 10.8. The minimum Gasteiger partial charge on any atom is -0.323 e. The lowest BCUT2D eigenvalue weighted by molar-refractivity contribution is -0.120. The molecule has 0 spiro atoms. The number of aryl methyl sites for hydroxylation is 1. The molecular weight excluding hydrogens is 407 g/mol. The van der Waals surface area contributed by atoms with Crippen LogP contribution < -0.4 is 5.32 Å². The molecule has 1 heterocycles. The van der Waals surface area contributed by atoms with Crippen molar-refractivity contribution in [2.75, 3.05) is 18.4 Å². The molecule has 1 aliphatic rings. The van der Waals surface area contributed by atoms with Crippen molar-refractivity contribution in [3.63, 3.8) is 0 Å². The third-order valence-corrected chi connectivity index (χ3v) is 7.13. The molecule has 1 saturated heterocycles. The van der Waals surface area contributed by atoms with Gasteiger partial charge in [0.25, 0.3) is 0 Å². The highest BCUT2D eigenvalue weighted by Crippen LogP contribution is 2.31. The number of hydrogen-bond donors (Lipinski definition) is 1. The summed E-state index contributed by atoms with van der Waals surface area (Å²) in [6.07, 6.45) is 1.22. The van der Waals surface area contributed by atoms with E-state index in [-0.39, 0.29) is 17.3 Å². The van der Waals surface area contributed by atoms with E-state index in [4.69, 9.17) is 23.2 Å². The van der Waals surface area contributed by atoms with Crippen molar-refractivity contribution >= 4 is 44.8 Å². The average Bonchev–Trinajstić information content (AvgIpc) is 2.65. The minimum absolute atomic E-state index is 0.129. The number of rotatable bonds is 4. The lowest BCUT2D eigenvalue weighted by Gasteiger charge is -2.31. The molecule has 1 aliphatic heterocycles. The fourth-order valence-electron chi connectivity index (χ4n) is 3.08. The van der Waals surface area contributed by atoms with Gasteiger partial charge < -0.3 is 5.32 Å². The number of para-hydroxylation sites is 1. The molecule has 0 aliphatic carbocycles. The van der Waals surface area contributed by atoms with Crippen LogP contribution in [0.2, 0.25) is 10.0 Å². The lowest BCUT2D eigenvalue weighted by Crippen LogP contribution is -2.43. The highest BCUT2D eigenvalue weighted by Gasteiger charge is 2.33. The number of piperidine rings is 1. The molecule has 8 heteroatoms. The molecule has 144 valence electrons. The van der Waals surface area contributed by atoms with Crippen molar-refractivity contribution < 1.29 is 13.2 Å². The van der Waals surface area contributed by atoms with E-state index in [2.05, 4.69) is 5.32 Å². The Balaban J connectivity index is 1.75. The molecule has 5 nitrogen and oxygen atoms in total. The van der Waals surface area contributed by atoms with Crippen LogP contribution in [0.25, 0.3) is 0 Å². The number of sulfonamides is 1. The second-order valence-corrected chi connectivity index (χ2v) is 9.35. The standard InChI is InChI=1S/C19H20Cl2N2O3S/c1-13-7-9-15(10-8-13)27(25,26)23-11-3-4-14(12-23)19(24)22-18-16(20)5-2-6-17(18)21/h2,5-10,14H,3-4,11-12H2,1H3,(H,22,24)/t14-/m1/s1. The first kappa shape index (κ1) is 20.1. The number of carbonyl (C=O) groups is 1. The fourth-order valence-corrected chi connectivity index (χ4v) is 5.09. The summed E-state index contributed by atoms with van der Waals surface area (Å²) < 4.78 is 27.1. The van der Waals surface area contributed by atoms with Gasteiger partial charge in [-0.3, -0.25) is 4.79 Å². The average molecular weight is 427 g/mol. The van der Waals surface area contributed by atoms with Crippen LogP contribution in [0.4, 0.5) is 5.69 Å². The van der Waals surface area contributed by atoms with Crippen molar-refractivity contribution in [3.8, 4) is 0 Å². The highest BCUT2D eigenvalue weighted by atomic mass is 35.5. The molecule has 0 radical (unpaired) electrons. The summed E-state index contributed by atoms with van der Waals surface area (Å²) in [6, 6.07) is 11.7. The topological polar surface area (TPSA) is 66.5 Å². The number of halogens is 2. The molecule has 0 aromatic heterocycles. The molecule has 3 rings (SSSR count). The summed E-state index contributed by atoms with van der Waals surface area (Å²) in [5.41, 5.74) is 1.34. The predicted molar refractivity (Wildman–Crippen MR) is 108 cm³/mol. The van der Waals surface area contributed by atoms with Crippen LogP contribution in [0, 0.1) is 12.8 Å². The van der Waals surface area contributed by atoms with Crippen LogP contribution in [0.15, 0.2) is 47.4 Å². The van der Waals surface area contributed by atoms with E-state index in [1.807, 2.05) is 6.92 Å². The van der Waals surface area contributed by atoms with Gasteiger partial charge in [0.1, 0.15) is 0 Å². The first-order chi connectivity index (χ1) is 12.8. The molecule has 1 amide bonds. The van der Waals surface area contributed by atoms with Crippen LogP contribution in [-0.4, -0.2) is 31.7 Å². The second-order valence-electron chi connectivity index (χ2n) is 6.60. The van der Waals surface area contributed by atoms with Gasteiger partial charge in [-0.2, -0.15) is 4.31 Å². The van der Waals surface area contributed by atoms with Crippen molar-refractivity contribution in [1.29, 1.82) is 0 Å². The van der Waals surface area contributed by atoms with Crippen molar-refractivity contribution in [2.45, 2.75) is 24.7 Å².